The topological polar surface area (TPSA) is 96.0 Å². The van der Waals surface area contributed by atoms with Crippen LogP contribution in [0.4, 0.5) is 5.69 Å². The van der Waals surface area contributed by atoms with E-state index in [9.17, 15) is 18.0 Å². The number of amides is 2. The average Bonchev–Trinajstić information content (AvgIpc) is 2.98. The normalized spacial score (nSPS) is 11.9. The van der Waals surface area contributed by atoms with Crippen LogP contribution in [0.3, 0.4) is 0 Å². The summed E-state index contributed by atoms with van der Waals surface area (Å²) in [6.45, 7) is 5.00. The van der Waals surface area contributed by atoms with Crippen molar-refractivity contribution in [1.82, 2.24) is 10.2 Å². The standard InChI is InChI=1S/C33H43N3O5S/c1-5-6-22-34-33(38)31(24-27-11-8-7-9-12-27)35(25-28-16-14-26(2)15-17-28)32(37)13-10-23-36(42(4,39)40)29-18-20-30(41-3)21-19-29/h7-9,11-12,14-21,31H,5-6,10,13,22-25H2,1-4H3,(H,34,38)/t31-/m1/s1. The Kier molecular flexibility index (Phi) is 12.4. The minimum Gasteiger partial charge on any atom is -0.497 e. The predicted octanol–water partition coefficient (Wildman–Crippen LogP) is 5.11. The first-order chi connectivity index (χ1) is 20.1. The van der Waals surface area contributed by atoms with E-state index in [1.165, 1.54) is 4.31 Å². The van der Waals surface area contributed by atoms with Crippen LogP contribution in [0.1, 0.15) is 49.3 Å². The number of benzene rings is 3. The monoisotopic (exact) mass is 593 g/mol. The van der Waals surface area contributed by atoms with Crippen molar-refractivity contribution in [3.8, 4) is 5.75 Å². The molecule has 0 aliphatic carbocycles. The summed E-state index contributed by atoms with van der Waals surface area (Å²) < 4.78 is 31.8. The lowest BCUT2D eigenvalue weighted by molar-refractivity contribution is -0.141. The van der Waals surface area contributed by atoms with Crippen molar-refractivity contribution < 1.29 is 22.7 Å². The Labute approximate surface area is 250 Å². The molecule has 3 rings (SSSR count). The Morgan fingerprint density at radius 2 is 1.57 bits per heavy atom. The van der Waals surface area contributed by atoms with Crippen LogP contribution in [0, 0.1) is 6.92 Å². The molecule has 2 amide bonds. The number of carbonyl (C=O) groups is 2. The third-order valence-electron chi connectivity index (χ3n) is 7.09. The van der Waals surface area contributed by atoms with E-state index in [-0.39, 0.29) is 37.7 Å². The van der Waals surface area contributed by atoms with Gasteiger partial charge in [0.05, 0.1) is 19.1 Å². The number of unbranched alkanes of at least 4 members (excludes halogenated alkanes) is 1. The molecule has 226 valence electrons. The van der Waals surface area contributed by atoms with Gasteiger partial charge in [-0.3, -0.25) is 13.9 Å². The SMILES string of the molecule is CCCCNC(=O)[C@@H](Cc1ccccc1)N(Cc1ccc(C)cc1)C(=O)CCCN(c1ccc(OC)cc1)S(C)(=O)=O. The van der Waals surface area contributed by atoms with Crippen molar-refractivity contribution in [1.29, 1.82) is 0 Å². The molecule has 1 N–H and O–H groups in total. The fourth-order valence-electron chi connectivity index (χ4n) is 4.70. The smallest absolute Gasteiger partial charge is 0.243 e. The van der Waals surface area contributed by atoms with E-state index < -0.39 is 16.1 Å². The third kappa shape index (κ3) is 9.91. The number of hydrogen-bond donors (Lipinski definition) is 1. The van der Waals surface area contributed by atoms with Crippen LogP contribution in [-0.4, -0.2) is 57.6 Å². The minimum absolute atomic E-state index is 0.0849. The zero-order valence-electron chi connectivity index (χ0n) is 25.1. The van der Waals surface area contributed by atoms with Gasteiger partial charge in [0.25, 0.3) is 0 Å². The summed E-state index contributed by atoms with van der Waals surface area (Å²) in [6, 6.07) is 23.7. The maximum absolute atomic E-state index is 13.9. The number of anilines is 1. The second kappa shape index (κ2) is 16.0. The third-order valence-corrected chi connectivity index (χ3v) is 8.28. The maximum atomic E-state index is 13.9. The second-order valence-electron chi connectivity index (χ2n) is 10.5. The van der Waals surface area contributed by atoms with E-state index in [0.717, 1.165) is 35.8 Å². The molecule has 0 aromatic heterocycles. The first-order valence-corrected chi connectivity index (χ1v) is 16.3. The number of hydrogen-bond acceptors (Lipinski definition) is 5. The second-order valence-corrected chi connectivity index (χ2v) is 12.4. The number of sulfonamides is 1. The van der Waals surface area contributed by atoms with Gasteiger partial charge in [0.15, 0.2) is 0 Å². The fraction of sp³-hybridized carbons (Fsp3) is 0.394. The van der Waals surface area contributed by atoms with Gasteiger partial charge in [-0.15, -0.1) is 0 Å². The van der Waals surface area contributed by atoms with Gasteiger partial charge in [0.2, 0.25) is 21.8 Å². The molecule has 0 aliphatic rings. The van der Waals surface area contributed by atoms with Gasteiger partial charge < -0.3 is 15.0 Å². The highest BCUT2D eigenvalue weighted by molar-refractivity contribution is 7.92. The summed E-state index contributed by atoms with van der Waals surface area (Å²) in [5.41, 5.74) is 3.48. The summed E-state index contributed by atoms with van der Waals surface area (Å²) in [4.78, 5) is 29.1. The highest BCUT2D eigenvalue weighted by Crippen LogP contribution is 2.23. The Bertz CT molecular complexity index is 1380. The molecule has 42 heavy (non-hydrogen) atoms. The van der Waals surface area contributed by atoms with E-state index in [1.807, 2.05) is 61.5 Å². The van der Waals surface area contributed by atoms with Crippen LogP contribution in [0.25, 0.3) is 0 Å². The first kappa shape index (κ1) is 32.7. The number of rotatable bonds is 16. The van der Waals surface area contributed by atoms with Crippen molar-refractivity contribution in [3.63, 3.8) is 0 Å². The van der Waals surface area contributed by atoms with Crippen LogP contribution >= 0.6 is 0 Å². The summed E-state index contributed by atoms with van der Waals surface area (Å²) >= 11 is 0. The van der Waals surface area contributed by atoms with Crippen molar-refractivity contribution in [2.24, 2.45) is 0 Å². The van der Waals surface area contributed by atoms with E-state index >= 15 is 0 Å². The van der Waals surface area contributed by atoms with Crippen molar-refractivity contribution in [2.45, 2.75) is 58.5 Å². The molecule has 0 radical (unpaired) electrons. The molecule has 0 bridgehead atoms. The van der Waals surface area contributed by atoms with Crippen LogP contribution in [0.15, 0.2) is 78.9 Å². The Hall–Kier alpha value is -3.85. The van der Waals surface area contributed by atoms with Gasteiger partial charge in [-0.05, 0) is 55.2 Å². The van der Waals surface area contributed by atoms with Crippen LogP contribution in [0.5, 0.6) is 5.75 Å². The summed E-state index contributed by atoms with van der Waals surface area (Å²) in [7, 11) is -2.04. The molecule has 3 aromatic carbocycles. The minimum atomic E-state index is -3.59. The Morgan fingerprint density at radius 1 is 0.905 bits per heavy atom. The Balaban J connectivity index is 1.85. The predicted molar refractivity (Wildman–Crippen MR) is 168 cm³/mol. The van der Waals surface area contributed by atoms with E-state index in [0.29, 0.717) is 24.4 Å². The van der Waals surface area contributed by atoms with Gasteiger partial charge in [-0.2, -0.15) is 0 Å². The molecule has 8 nitrogen and oxygen atoms in total. The number of nitrogens with zero attached hydrogens (tertiary/aromatic N) is 2. The van der Waals surface area contributed by atoms with Gasteiger partial charge in [-0.25, -0.2) is 8.42 Å². The number of aryl methyl sites for hydroxylation is 1. The van der Waals surface area contributed by atoms with Gasteiger partial charge >= 0.3 is 0 Å². The fourth-order valence-corrected chi connectivity index (χ4v) is 5.67. The molecule has 0 spiro atoms. The molecule has 1 atom stereocenters. The molecular formula is C33H43N3O5S. The molecular weight excluding hydrogens is 550 g/mol. The lowest BCUT2D eigenvalue weighted by atomic mass is 10.0. The van der Waals surface area contributed by atoms with E-state index in [1.54, 1.807) is 36.3 Å². The molecule has 9 heteroatoms. The molecule has 0 saturated heterocycles. The van der Waals surface area contributed by atoms with Crippen molar-refractivity contribution >= 4 is 27.5 Å². The van der Waals surface area contributed by atoms with E-state index in [2.05, 4.69) is 12.2 Å². The number of nitrogens with one attached hydrogen (secondary N) is 1. The number of ether oxygens (including phenoxy) is 1. The molecule has 0 heterocycles. The summed E-state index contributed by atoms with van der Waals surface area (Å²) in [5.74, 6) is 0.227. The van der Waals surface area contributed by atoms with Gasteiger partial charge in [0.1, 0.15) is 11.8 Å². The molecule has 0 saturated carbocycles. The molecule has 0 unspecified atom stereocenters. The first-order valence-electron chi connectivity index (χ1n) is 14.4. The largest absolute Gasteiger partial charge is 0.497 e. The average molecular weight is 594 g/mol. The van der Waals surface area contributed by atoms with Crippen LogP contribution in [-0.2, 0) is 32.6 Å². The lowest BCUT2D eigenvalue weighted by Gasteiger charge is -2.32. The molecule has 0 aliphatic heterocycles. The molecule has 0 fully saturated rings. The highest BCUT2D eigenvalue weighted by Gasteiger charge is 2.30. The maximum Gasteiger partial charge on any atom is 0.243 e. The number of methoxy groups -OCH3 is 1. The highest BCUT2D eigenvalue weighted by atomic mass is 32.2. The quantitative estimate of drug-likeness (QED) is 0.233. The number of carbonyl (C=O) groups excluding carboxylic acids is 2. The summed E-state index contributed by atoms with van der Waals surface area (Å²) in [5, 5.41) is 3.03. The van der Waals surface area contributed by atoms with Gasteiger partial charge in [0, 0.05) is 32.5 Å². The lowest BCUT2D eigenvalue weighted by Crippen LogP contribution is -2.50. The molecule has 3 aromatic rings. The Morgan fingerprint density at radius 3 is 2.17 bits per heavy atom. The summed E-state index contributed by atoms with van der Waals surface area (Å²) in [6.07, 6.45) is 3.69. The zero-order valence-corrected chi connectivity index (χ0v) is 25.9. The van der Waals surface area contributed by atoms with Crippen LogP contribution < -0.4 is 14.4 Å². The van der Waals surface area contributed by atoms with Crippen molar-refractivity contribution in [2.75, 3.05) is 30.8 Å². The van der Waals surface area contributed by atoms with Crippen molar-refractivity contribution in [3.05, 3.63) is 95.6 Å². The van der Waals surface area contributed by atoms with Gasteiger partial charge in [-0.1, -0.05) is 73.5 Å². The van der Waals surface area contributed by atoms with Crippen LogP contribution in [0.2, 0.25) is 0 Å². The van der Waals surface area contributed by atoms with E-state index in [4.69, 9.17) is 4.74 Å². The zero-order chi connectivity index (χ0) is 30.5.